The molecule has 26 heavy (non-hydrogen) atoms. The molecule has 1 saturated heterocycles. The normalized spacial score (nSPS) is 15.3. The van der Waals surface area contributed by atoms with Crippen molar-refractivity contribution in [2.75, 3.05) is 42.9 Å². The van der Waals surface area contributed by atoms with Gasteiger partial charge in [-0.15, -0.1) is 0 Å². The number of hydrogen-bond acceptors (Lipinski definition) is 2. The van der Waals surface area contributed by atoms with E-state index in [1.807, 2.05) is 30.3 Å². The summed E-state index contributed by atoms with van der Waals surface area (Å²) in [5.74, 6) is 0.577. The highest BCUT2D eigenvalue weighted by Gasteiger charge is 2.22. The van der Waals surface area contributed by atoms with Gasteiger partial charge in [0, 0.05) is 16.4 Å². The monoisotopic (exact) mass is 372 g/mol. The minimum Gasteiger partial charge on any atom is -0.360 e. The van der Waals surface area contributed by atoms with Crippen molar-refractivity contribution in [3.8, 4) is 0 Å². The third kappa shape index (κ3) is 4.99. The second-order valence-corrected chi connectivity index (χ2v) is 7.66. The van der Waals surface area contributed by atoms with Gasteiger partial charge in [0.05, 0.1) is 26.2 Å². The molecule has 138 valence electrons. The molecule has 0 aromatic heterocycles. The standard InChI is InChI=1S/C21H26ClN3O/c1-16(2)17-6-8-19(9-7-17)23-21(26)15-24-10-12-25(13-11-24)20-5-3-4-18(22)14-20/h3-9,14,16H,10-13,15H2,1-2H3,(H,23,26)/p+1. The average Bonchev–Trinajstić information content (AvgIpc) is 2.62. The highest BCUT2D eigenvalue weighted by molar-refractivity contribution is 6.30. The summed E-state index contributed by atoms with van der Waals surface area (Å²) in [6.07, 6.45) is 0. The molecule has 1 amide bonds. The molecule has 1 heterocycles. The molecule has 0 saturated carbocycles. The van der Waals surface area contributed by atoms with E-state index in [1.54, 1.807) is 0 Å². The molecule has 1 aliphatic heterocycles. The van der Waals surface area contributed by atoms with Crippen LogP contribution in [-0.4, -0.2) is 38.6 Å². The Labute approximate surface area is 160 Å². The number of carbonyl (C=O) groups is 1. The maximum atomic E-state index is 12.3. The van der Waals surface area contributed by atoms with Gasteiger partial charge in [-0.05, 0) is 41.8 Å². The first-order chi connectivity index (χ1) is 12.5. The third-order valence-electron chi connectivity index (χ3n) is 4.92. The van der Waals surface area contributed by atoms with Crippen LogP contribution in [0.2, 0.25) is 5.02 Å². The van der Waals surface area contributed by atoms with Gasteiger partial charge in [0.15, 0.2) is 6.54 Å². The van der Waals surface area contributed by atoms with Gasteiger partial charge in [-0.1, -0.05) is 43.6 Å². The Kier molecular flexibility index (Phi) is 6.17. The molecule has 0 unspecified atom stereocenters. The summed E-state index contributed by atoms with van der Waals surface area (Å²) in [5, 5.41) is 3.78. The fourth-order valence-corrected chi connectivity index (χ4v) is 3.50. The maximum Gasteiger partial charge on any atom is 0.279 e. The first kappa shape index (κ1) is 18.7. The number of piperazine rings is 1. The Balaban J connectivity index is 1.47. The van der Waals surface area contributed by atoms with Crippen LogP contribution in [0.1, 0.15) is 25.3 Å². The van der Waals surface area contributed by atoms with E-state index < -0.39 is 0 Å². The number of nitrogens with one attached hydrogen (secondary N) is 2. The molecule has 4 nitrogen and oxygen atoms in total. The molecule has 0 radical (unpaired) electrons. The molecule has 1 fully saturated rings. The van der Waals surface area contributed by atoms with Gasteiger partial charge in [-0.2, -0.15) is 0 Å². The van der Waals surface area contributed by atoms with Crippen LogP contribution in [-0.2, 0) is 4.79 Å². The Hall–Kier alpha value is -2.04. The Morgan fingerprint density at radius 3 is 2.46 bits per heavy atom. The number of amides is 1. The van der Waals surface area contributed by atoms with E-state index in [0.717, 1.165) is 42.6 Å². The van der Waals surface area contributed by atoms with Crippen molar-refractivity contribution in [3.63, 3.8) is 0 Å². The lowest BCUT2D eigenvalue weighted by Crippen LogP contribution is -3.15. The van der Waals surface area contributed by atoms with Crippen LogP contribution < -0.4 is 15.1 Å². The fourth-order valence-electron chi connectivity index (χ4n) is 3.31. The zero-order valence-corrected chi connectivity index (χ0v) is 16.2. The number of carbonyl (C=O) groups excluding carboxylic acids is 1. The van der Waals surface area contributed by atoms with Crippen LogP contribution in [0, 0.1) is 0 Å². The number of rotatable bonds is 5. The number of hydrogen-bond donors (Lipinski definition) is 2. The van der Waals surface area contributed by atoms with Crippen molar-refractivity contribution in [2.45, 2.75) is 19.8 Å². The van der Waals surface area contributed by atoms with Gasteiger partial charge in [0.1, 0.15) is 0 Å². The van der Waals surface area contributed by atoms with E-state index in [2.05, 4.69) is 42.3 Å². The highest BCUT2D eigenvalue weighted by atomic mass is 35.5. The summed E-state index contributed by atoms with van der Waals surface area (Å²) >= 11 is 6.08. The lowest BCUT2D eigenvalue weighted by molar-refractivity contribution is -0.892. The average molecular weight is 373 g/mol. The summed E-state index contributed by atoms with van der Waals surface area (Å²) in [4.78, 5) is 16.0. The van der Waals surface area contributed by atoms with E-state index >= 15 is 0 Å². The summed E-state index contributed by atoms with van der Waals surface area (Å²) in [7, 11) is 0. The Bertz CT molecular complexity index is 737. The predicted octanol–water partition coefficient (Wildman–Crippen LogP) is 2.81. The molecule has 0 aliphatic carbocycles. The molecule has 0 spiro atoms. The van der Waals surface area contributed by atoms with Crippen LogP contribution in [0.4, 0.5) is 11.4 Å². The topological polar surface area (TPSA) is 36.8 Å². The van der Waals surface area contributed by atoms with Crippen molar-refractivity contribution < 1.29 is 9.69 Å². The highest BCUT2D eigenvalue weighted by Crippen LogP contribution is 2.19. The van der Waals surface area contributed by atoms with E-state index in [9.17, 15) is 4.79 Å². The van der Waals surface area contributed by atoms with Crippen molar-refractivity contribution in [3.05, 3.63) is 59.1 Å². The SMILES string of the molecule is CC(C)c1ccc(NC(=O)C[NH+]2CCN(c3cccc(Cl)c3)CC2)cc1. The first-order valence-electron chi connectivity index (χ1n) is 9.25. The third-order valence-corrected chi connectivity index (χ3v) is 5.15. The molecule has 2 aromatic rings. The van der Waals surface area contributed by atoms with Crippen molar-refractivity contribution in [2.24, 2.45) is 0 Å². The Morgan fingerprint density at radius 1 is 1.15 bits per heavy atom. The van der Waals surface area contributed by atoms with Crippen LogP contribution in [0.25, 0.3) is 0 Å². The number of benzene rings is 2. The largest absolute Gasteiger partial charge is 0.360 e. The van der Waals surface area contributed by atoms with Crippen LogP contribution in [0.15, 0.2) is 48.5 Å². The molecule has 0 bridgehead atoms. The lowest BCUT2D eigenvalue weighted by Gasteiger charge is -2.33. The number of quaternary nitrogens is 1. The summed E-state index contributed by atoms with van der Waals surface area (Å²) < 4.78 is 0. The summed E-state index contributed by atoms with van der Waals surface area (Å²) in [6, 6.07) is 16.1. The van der Waals surface area contributed by atoms with E-state index in [4.69, 9.17) is 11.6 Å². The van der Waals surface area contributed by atoms with Gasteiger partial charge >= 0.3 is 0 Å². The predicted molar refractivity (Wildman–Crippen MR) is 108 cm³/mol. The molecule has 0 atom stereocenters. The second-order valence-electron chi connectivity index (χ2n) is 7.22. The smallest absolute Gasteiger partial charge is 0.279 e. The van der Waals surface area contributed by atoms with E-state index in [1.165, 1.54) is 10.5 Å². The molecule has 2 aromatic carbocycles. The second kappa shape index (κ2) is 8.56. The number of anilines is 2. The molecule has 2 N–H and O–H groups in total. The van der Waals surface area contributed by atoms with Crippen molar-refractivity contribution >= 4 is 28.9 Å². The van der Waals surface area contributed by atoms with E-state index in [-0.39, 0.29) is 5.91 Å². The quantitative estimate of drug-likeness (QED) is 0.846. The number of nitrogens with zero attached hydrogens (tertiary/aromatic N) is 1. The van der Waals surface area contributed by atoms with Crippen LogP contribution >= 0.6 is 11.6 Å². The molecular formula is C21H27ClN3O+. The van der Waals surface area contributed by atoms with Crippen LogP contribution in [0.5, 0.6) is 0 Å². The molecule has 3 rings (SSSR count). The van der Waals surface area contributed by atoms with E-state index in [0.29, 0.717) is 12.5 Å². The van der Waals surface area contributed by atoms with Crippen LogP contribution in [0.3, 0.4) is 0 Å². The number of halogens is 1. The van der Waals surface area contributed by atoms with Crippen molar-refractivity contribution in [1.29, 1.82) is 0 Å². The Morgan fingerprint density at radius 2 is 1.85 bits per heavy atom. The van der Waals surface area contributed by atoms with Gasteiger partial charge in [-0.3, -0.25) is 4.79 Å². The van der Waals surface area contributed by atoms with Gasteiger partial charge in [-0.25, -0.2) is 0 Å². The summed E-state index contributed by atoms with van der Waals surface area (Å²) in [5.41, 5.74) is 3.31. The first-order valence-corrected chi connectivity index (χ1v) is 9.63. The maximum absolute atomic E-state index is 12.3. The fraction of sp³-hybridized carbons (Fsp3) is 0.381. The summed E-state index contributed by atoms with van der Waals surface area (Å²) in [6.45, 7) is 8.62. The molecule has 5 heteroatoms. The molecule has 1 aliphatic rings. The van der Waals surface area contributed by atoms with Gasteiger partial charge in [0.2, 0.25) is 0 Å². The zero-order valence-electron chi connectivity index (χ0n) is 15.5. The zero-order chi connectivity index (χ0) is 18.5. The minimum atomic E-state index is 0.0773. The van der Waals surface area contributed by atoms with Gasteiger partial charge < -0.3 is 15.1 Å². The minimum absolute atomic E-state index is 0.0773. The molecular weight excluding hydrogens is 346 g/mol. The van der Waals surface area contributed by atoms with Crippen molar-refractivity contribution in [1.82, 2.24) is 0 Å². The lowest BCUT2D eigenvalue weighted by atomic mass is 10.0. The van der Waals surface area contributed by atoms with Gasteiger partial charge in [0.25, 0.3) is 5.91 Å².